The first kappa shape index (κ1) is 14.5. The zero-order valence-corrected chi connectivity index (χ0v) is 12.0. The fourth-order valence-electron chi connectivity index (χ4n) is 1.92. The van der Waals surface area contributed by atoms with Crippen molar-refractivity contribution in [3.05, 3.63) is 59.9 Å². The average molecular weight is 270 g/mol. The van der Waals surface area contributed by atoms with Crippen LogP contribution in [-0.4, -0.2) is 18.1 Å². The molecule has 2 rings (SSSR count). The second-order valence-corrected chi connectivity index (χ2v) is 4.74. The average Bonchev–Trinajstić information content (AvgIpc) is 2.52. The summed E-state index contributed by atoms with van der Waals surface area (Å²) in [5.41, 5.74) is 2.40. The molecule has 0 amide bonds. The van der Waals surface area contributed by atoms with Gasteiger partial charge in [-0.25, -0.2) is 0 Å². The maximum Gasteiger partial charge on any atom is 0.119 e. The molecule has 1 aromatic carbocycles. The van der Waals surface area contributed by atoms with Gasteiger partial charge in [-0.1, -0.05) is 25.1 Å². The van der Waals surface area contributed by atoms with E-state index in [-0.39, 0.29) is 0 Å². The first-order valence-corrected chi connectivity index (χ1v) is 7.21. The Morgan fingerprint density at radius 2 is 1.95 bits per heavy atom. The number of nitrogens with one attached hydrogen (secondary N) is 1. The number of nitrogens with zero attached hydrogens (tertiary/aromatic N) is 1. The van der Waals surface area contributed by atoms with Crippen LogP contribution in [0.3, 0.4) is 0 Å². The molecule has 3 heteroatoms. The molecule has 0 unspecified atom stereocenters. The standard InChI is InChI=1S/C17H22N2O/c1-2-13-20-17-8-6-15(7-9-17)14-18-12-10-16-5-3-4-11-19-16/h3-9,11,18H,2,10,12-14H2,1H3. The summed E-state index contributed by atoms with van der Waals surface area (Å²) >= 11 is 0. The Hall–Kier alpha value is -1.87. The van der Waals surface area contributed by atoms with Gasteiger partial charge in [-0.2, -0.15) is 0 Å². The molecule has 106 valence electrons. The number of aromatic nitrogens is 1. The van der Waals surface area contributed by atoms with Crippen molar-refractivity contribution in [1.29, 1.82) is 0 Å². The van der Waals surface area contributed by atoms with Crippen molar-refractivity contribution in [3.8, 4) is 5.75 Å². The van der Waals surface area contributed by atoms with E-state index in [1.54, 1.807) is 0 Å². The van der Waals surface area contributed by atoms with Gasteiger partial charge in [0.2, 0.25) is 0 Å². The number of pyridine rings is 1. The molecule has 1 heterocycles. The lowest BCUT2D eigenvalue weighted by Gasteiger charge is -2.07. The molecule has 0 aliphatic heterocycles. The van der Waals surface area contributed by atoms with Crippen LogP contribution in [0.5, 0.6) is 5.75 Å². The number of rotatable bonds is 8. The summed E-state index contributed by atoms with van der Waals surface area (Å²) in [7, 11) is 0. The largest absolute Gasteiger partial charge is 0.494 e. The highest BCUT2D eigenvalue weighted by molar-refractivity contribution is 5.27. The van der Waals surface area contributed by atoms with E-state index in [0.29, 0.717) is 0 Å². The molecule has 0 saturated heterocycles. The summed E-state index contributed by atoms with van der Waals surface area (Å²) in [5.74, 6) is 0.948. The fourth-order valence-corrected chi connectivity index (χ4v) is 1.92. The number of ether oxygens (including phenoxy) is 1. The van der Waals surface area contributed by atoms with Crippen LogP contribution in [0.1, 0.15) is 24.6 Å². The van der Waals surface area contributed by atoms with Crippen LogP contribution < -0.4 is 10.1 Å². The Balaban J connectivity index is 1.69. The van der Waals surface area contributed by atoms with Crippen molar-refractivity contribution < 1.29 is 4.74 Å². The molecule has 0 saturated carbocycles. The van der Waals surface area contributed by atoms with Gasteiger partial charge in [-0.3, -0.25) is 4.98 Å². The summed E-state index contributed by atoms with van der Waals surface area (Å²) in [6.07, 6.45) is 3.83. The molecule has 0 atom stereocenters. The fraction of sp³-hybridized carbons (Fsp3) is 0.353. The number of hydrogen-bond acceptors (Lipinski definition) is 3. The normalized spacial score (nSPS) is 10.4. The second-order valence-electron chi connectivity index (χ2n) is 4.74. The third kappa shape index (κ3) is 5.02. The van der Waals surface area contributed by atoms with Crippen LogP contribution in [-0.2, 0) is 13.0 Å². The number of benzene rings is 1. The van der Waals surface area contributed by atoms with Crippen molar-refractivity contribution in [1.82, 2.24) is 10.3 Å². The monoisotopic (exact) mass is 270 g/mol. The molecular formula is C17H22N2O. The molecule has 0 fully saturated rings. The van der Waals surface area contributed by atoms with E-state index in [1.165, 1.54) is 5.56 Å². The first-order chi connectivity index (χ1) is 9.88. The Morgan fingerprint density at radius 1 is 1.10 bits per heavy atom. The Bertz CT molecular complexity index is 482. The summed E-state index contributed by atoms with van der Waals surface area (Å²) < 4.78 is 5.56. The van der Waals surface area contributed by atoms with E-state index in [0.717, 1.165) is 44.0 Å². The van der Waals surface area contributed by atoms with Crippen LogP contribution in [0, 0.1) is 0 Å². The van der Waals surface area contributed by atoms with Gasteiger partial charge in [-0.15, -0.1) is 0 Å². The van der Waals surface area contributed by atoms with Crippen molar-refractivity contribution in [2.24, 2.45) is 0 Å². The van der Waals surface area contributed by atoms with Gasteiger partial charge in [0.05, 0.1) is 6.61 Å². The quantitative estimate of drug-likeness (QED) is 0.748. The third-order valence-electron chi connectivity index (χ3n) is 3.01. The molecule has 0 bridgehead atoms. The highest BCUT2D eigenvalue weighted by Crippen LogP contribution is 2.12. The van der Waals surface area contributed by atoms with Gasteiger partial charge >= 0.3 is 0 Å². The van der Waals surface area contributed by atoms with Gasteiger partial charge < -0.3 is 10.1 Å². The first-order valence-electron chi connectivity index (χ1n) is 7.21. The lowest BCUT2D eigenvalue weighted by Crippen LogP contribution is -2.17. The lowest BCUT2D eigenvalue weighted by atomic mass is 10.2. The van der Waals surface area contributed by atoms with Gasteiger partial charge in [0, 0.05) is 31.4 Å². The summed E-state index contributed by atoms with van der Waals surface area (Å²) in [5, 5.41) is 3.43. The minimum atomic E-state index is 0.779. The molecule has 1 N–H and O–H groups in total. The van der Waals surface area contributed by atoms with E-state index >= 15 is 0 Å². The summed E-state index contributed by atoms with van der Waals surface area (Å²) in [6.45, 7) is 4.70. The van der Waals surface area contributed by atoms with Crippen molar-refractivity contribution in [2.45, 2.75) is 26.3 Å². The molecule has 0 radical (unpaired) electrons. The van der Waals surface area contributed by atoms with E-state index in [2.05, 4.69) is 35.4 Å². The third-order valence-corrected chi connectivity index (χ3v) is 3.01. The Kier molecular flexibility index (Phi) is 6.06. The van der Waals surface area contributed by atoms with Crippen molar-refractivity contribution in [2.75, 3.05) is 13.2 Å². The van der Waals surface area contributed by atoms with Crippen LogP contribution in [0.25, 0.3) is 0 Å². The topological polar surface area (TPSA) is 34.1 Å². The lowest BCUT2D eigenvalue weighted by molar-refractivity contribution is 0.317. The molecule has 20 heavy (non-hydrogen) atoms. The van der Waals surface area contributed by atoms with Gasteiger partial charge in [0.1, 0.15) is 5.75 Å². The maximum absolute atomic E-state index is 5.56. The molecule has 0 aliphatic rings. The van der Waals surface area contributed by atoms with Crippen molar-refractivity contribution >= 4 is 0 Å². The van der Waals surface area contributed by atoms with E-state index in [4.69, 9.17) is 4.74 Å². The van der Waals surface area contributed by atoms with E-state index in [9.17, 15) is 0 Å². The predicted molar refractivity (Wildman–Crippen MR) is 81.9 cm³/mol. The van der Waals surface area contributed by atoms with Gasteiger partial charge in [0.25, 0.3) is 0 Å². The molecule has 2 aromatic rings. The smallest absolute Gasteiger partial charge is 0.119 e. The van der Waals surface area contributed by atoms with Crippen LogP contribution >= 0.6 is 0 Å². The van der Waals surface area contributed by atoms with Crippen LogP contribution in [0.15, 0.2) is 48.7 Å². The highest BCUT2D eigenvalue weighted by Gasteiger charge is 1.96. The Labute approximate surface area is 121 Å². The Morgan fingerprint density at radius 3 is 2.65 bits per heavy atom. The van der Waals surface area contributed by atoms with Crippen LogP contribution in [0.4, 0.5) is 0 Å². The summed E-state index contributed by atoms with van der Waals surface area (Å²) in [4.78, 5) is 4.31. The molecule has 0 aliphatic carbocycles. The minimum Gasteiger partial charge on any atom is -0.494 e. The maximum atomic E-state index is 5.56. The molecule has 1 aromatic heterocycles. The van der Waals surface area contributed by atoms with E-state index < -0.39 is 0 Å². The van der Waals surface area contributed by atoms with Gasteiger partial charge in [0.15, 0.2) is 0 Å². The van der Waals surface area contributed by atoms with Gasteiger partial charge in [-0.05, 0) is 36.2 Å². The number of hydrogen-bond donors (Lipinski definition) is 1. The predicted octanol–water partition coefficient (Wildman–Crippen LogP) is 3.20. The van der Waals surface area contributed by atoms with Crippen molar-refractivity contribution in [3.63, 3.8) is 0 Å². The zero-order valence-electron chi connectivity index (χ0n) is 12.0. The second kappa shape index (κ2) is 8.33. The highest BCUT2D eigenvalue weighted by atomic mass is 16.5. The molecule has 3 nitrogen and oxygen atoms in total. The SMILES string of the molecule is CCCOc1ccc(CNCCc2ccccn2)cc1. The molecular weight excluding hydrogens is 248 g/mol. The van der Waals surface area contributed by atoms with E-state index in [1.807, 2.05) is 30.5 Å². The zero-order chi connectivity index (χ0) is 14.0. The molecule has 0 spiro atoms. The summed E-state index contributed by atoms with van der Waals surface area (Å²) in [6, 6.07) is 14.3. The van der Waals surface area contributed by atoms with Crippen LogP contribution in [0.2, 0.25) is 0 Å². The minimum absolute atomic E-state index is 0.779.